The molecule has 20 heavy (non-hydrogen) atoms. The fourth-order valence-corrected chi connectivity index (χ4v) is 1.42. The standard InChI is InChI=1S/C14H14FNO4/c1-3-4-14(19)20-8-13(18)11-6-5-10(7-12(11)15)16-9(2)17/h3-7H,8H2,1-2H3,(H,16,17)/b4-3+. The molecule has 0 bridgehead atoms. The van der Waals surface area contributed by atoms with Gasteiger partial charge < -0.3 is 10.1 Å². The molecule has 0 heterocycles. The molecular formula is C14H14FNO4. The third-order valence-electron chi connectivity index (χ3n) is 2.24. The van der Waals surface area contributed by atoms with Crippen molar-refractivity contribution in [2.75, 3.05) is 11.9 Å². The molecule has 0 saturated heterocycles. The average molecular weight is 279 g/mol. The number of carbonyl (C=O) groups is 3. The molecule has 1 N–H and O–H groups in total. The quantitative estimate of drug-likeness (QED) is 0.509. The number of allylic oxidation sites excluding steroid dienone is 1. The summed E-state index contributed by atoms with van der Waals surface area (Å²) in [6, 6.07) is 3.65. The Hall–Kier alpha value is -2.50. The summed E-state index contributed by atoms with van der Waals surface area (Å²) in [4.78, 5) is 33.5. The first kappa shape index (κ1) is 15.6. The number of Topliss-reactive ketones (excluding diaryl/α,β-unsaturated/α-hetero) is 1. The van der Waals surface area contributed by atoms with Crippen LogP contribution in [0, 0.1) is 5.82 Å². The normalized spacial score (nSPS) is 10.3. The first-order chi connectivity index (χ1) is 9.43. The van der Waals surface area contributed by atoms with E-state index in [1.807, 2.05) is 0 Å². The van der Waals surface area contributed by atoms with E-state index in [1.54, 1.807) is 6.92 Å². The molecule has 5 nitrogen and oxygen atoms in total. The highest BCUT2D eigenvalue weighted by atomic mass is 19.1. The van der Waals surface area contributed by atoms with E-state index >= 15 is 0 Å². The Kier molecular flexibility index (Phi) is 5.58. The van der Waals surface area contributed by atoms with Crippen molar-refractivity contribution in [3.63, 3.8) is 0 Å². The highest BCUT2D eigenvalue weighted by Crippen LogP contribution is 2.15. The smallest absolute Gasteiger partial charge is 0.330 e. The Balaban J connectivity index is 2.74. The molecule has 0 aliphatic heterocycles. The van der Waals surface area contributed by atoms with E-state index in [2.05, 4.69) is 10.1 Å². The van der Waals surface area contributed by atoms with Gasteiger partial charge in [-0.25, -0.2) is 9.18 Å². The zero-order valence-electron chi connectivity index (χ0n) is 11.1. The largest absolute Gasteiger partial charge is 0.454 e. The maximum Gasteiger partial charge on any atom is 0.330 e. The van der Waals surface area contributed by atoms with Crippen molar-refractivity contribution in [3.05, 3.63) is 41.7 Å². The van der Waals surface area contributed by atoms with Crippen molar-refractivity contribution in [2.24, 2.45) is 0 Å². The van der Waals surface area contributed by atoms with E-state index in [0.717, 1.165) is 12.1 Å². The second-order valence-electron chi connectivity index (χ2n) is 3.91. The van der Waals surface area contributed by atoms with Gasteiger partial charge in [-0.1, -0.05) is 6.08 Å². The van der Waals surface area contributed by atoms with Gasteiger partial charge in [0.15, 0.2) is 6.61 Å². The Morgan fingerprint density at radius 1 is 1.35 bits per heavy atom. The summed E-state index contributed by atoms with van der Waals surface area (Å²) in [6.45, 7) is 2.38. The van der Waals surface area contributed by atoms with E-state index in [1.165, 1.54) is 25.1 Å². The number of ether oxygens (including phenoxy) is 1. The Morgan fingerprint density at radius 3 is 2.60 bits per heavy atom. The van der Waals surface area contributed by atoms with Crippen LogP contribution in [-0.2, 0) is 14.3 Å². The van der Waals surface area contributed by atoms with Gasteiger partial charge in [-0.2, -0.15) is 0 Å². The number of anilines is 1. The highest BCUT2D eigenvalue weighted by Gasteiger charge is 2.14. The highest BCUT2D eigenvalue weighted by molar-refractivity contribution is 5.99. The summed E-state index contributed by atoms with van der Waals surface area (Å²) in [6.07, 6.45) is 2.62. The fraction of sp³-hybridized carbons (Fsp3) is 0.214. The van der Waals surface area contributed by atoms with Crippen molar-refractivity contribution >= 4 is 23.3 Å². The molecule has 106 valence electrons. The number of esters is 1. The van der Waals surface area contributed by atoms with Crippen LogP contribution in [0.25, 0.3) is 0 Å². The predicted molar refractivity (Wildman–Crippen MR) is 70.8 cm³/mol. The molecule has 0 saturated carbocycles. The number of benzene rings is 1. The average Bonchev–Trinajstić information content (AvgIpc) is 2.35. The van der Waals surface area contributed by atoms with Crippen LogP contribution in [-0.4, -0.2) is 24.3 Å². The molecule has 6 heteroatoms. The second kappa shape index (κ2) is 7.18. The van der Waals surface area contributed by atoms with Crippen LogP contribution in [0.4, 0.5) is 10.1 Å². The van der Waals surface area contributed by atoms with Crippen LogP contribution in [0.5, 0.6) is 0 Å². The van der Waals surface area contributed by atoms with Gasteiger partial charge in [-0.15, -0.1) is 0 Å². The van der Waals surface area contributed by atoms with Gasteiger partial charge >= 0.3 is 5.97 Å². The molecule has 0 aliphatic rings. The number of carbonyl (C=O) groups excluding carboxylic acids is 3. The van der Waals surface area contributed by atoms with Gasteiger partial charge in [0.05, 0.1) is 5.56 Å². The van der Waals surface area contributed by atoms with Crippen molar-refractivity contribution in [2.45, 2.75) is 13.8 Å². The summed E-state index contributed by atoms with van der Waals surface area (Å²) in [5.74, 6) is -2.46. The van der Waals surface area contributed by atoms with Crippen LogP contribution >= 0.6 is 0 Å². The van der Waals surface area contributed by atoms with Crippen molar-refractivity contribution < 1.29 is 23.5 Å². The minimum atomic E-state index is -0.789. The lowest BCUT2D eigenvalue weighted by molar-refractivity contribution is -0.136. The van der Waals surface area contributed by atoms with Crippen LogP contribution in [0.3, 0.4) is 0 Å². The van der Waals surface area contributed by atoms with Crippen LogP contribution < -0.4 is 5.32 Å². The summed E-state index contributed by atoms with van der Waals surface area (Å²) < 4.78 is 18.3. The number of ketones is 1. The van der Waals surface area contributed by atoms with Gasteiger partial charge in [0, 0.05) is 18.7 Å². The lowest BCUT2D eigenvalue weighted by Crippen LogP contribution is -2.14. The third-order valence-corrected chi connectivity index (χ3v) is 2.24. The molecule has 0 aliphatic carbocycles. The number of hydrogen-bond acceptors (Lipinski definition) is 4. The van der Waals surface area contributed by atoms with Crippen molar-refractivity contribution in [1.82, 2.24) is 0 Å². The summed E-state index contributed by atoms with van der Waals surface area (Å²) in [7, 11) is 0. The molecule has 0 unspecified atom stereocenters. The maximum atomic E-state index is 13.7. The van der Waals surface area contributed by atoms with E-state index in [-0.39, 0.29) is 17.2 Å². The lowest BCUT2D eigenvalue weighted by atomic mass is 10.1. The second-order valence-corrected chi connectivity index (χ2v) is 3.91. The third kappa shape index (κ3) is 4.64. The zero-order chi connectivity index (χ0) is 15.1. The Morgan fingerprint density at radius 2 is 2.05 bits per heavy atom. The molecule has 1 amide bonds. The fourth-order valence-electron chi connectivity index (χ4n) is 1.42. The summed E-state index contributed by atoms with van der Waals surface area (Å²) in [5.41, 5.74) is 0.0461. The van der Waals surface area contributed by atoms with Crippen LogP contribution in [0.2, 0.25) is 0 Å². The lowest BCUT2D eigenvalue weighted by Gasteiger charge is -2.06. The van der Waals surface area contributed by atoms with Gasteiger partial charge in [0.25, 0.3) is 0 Å². The topological polar surface area (TPSA) is 72.5 Å². The van der Waals surface area contributed by atoms with E-state index in [0.29, 0.717) is 0 Å². The predicted octanol–water partition coefficient (Wildman–Crippen LogP) is 2.09. The molecule has 0 spiro atoms. The van der Waals surface area contributed by atoms with Crippen LogP contribution in [0.1, 0.15) is 24.2 Å². The van der Waals surface area contributed by atoms with E-state index in [4.69, 9.17) is 0 Å². The summed E-state index contributed by atoms with van der Waals surface area (Å²) in [5, 5.41) is 2.39. The number of hydrogen-bond donors (Lipinski definition) is 1. The minimum absolute atomic E-state index is 0.201. The number of nitrogens with one attached hydrogen (secondary N) is 1. The van der Waals surface area contributed by atoms with Gasteiger partial charge in [-0.3, -0.25) is 9.59 Å². The summed E-state index contributed by atoms with van der Waals surface area (Å²) >= 11 is 0. The molecule has 0 radical (unpaired) electrons. The van der Waals surface area contributed by atoms with E-state index in [9.17, 15) is 18.8 Å². The molecule has 1 aromatic carbocycles. The van der Waals surface area contributed by atoms with Gasteiger partial charge in [0.2, 0.25) is 11.7 Å². The molecule has 1 aromatic rings. The SMILES string of the molecule is C/C=C/C(=O)OCC(=O)c1ccc(NC(C)=O)cc1F. The number of rotatable bonds is 5. The van der Waals surface area contributed by atoms with Crippen molar-refractivity contribution in [1.29, 1.82) is 0 Å². The van der Waals surface area contributed by atoms with Gasteiger partial charge in [-0.05, 0) is 25.1 Å². The zero-order valence-corrected chi connectivity index (χ0v) is 11.1. The van der Waals surface area contributed by atoms with E-state index < -0.39 is 24.2 Å². The number of halogens is 1. The number of amides is 1. The Bertz CT molecular complexity index is 566. The maximum absolute atomic E-state index is 13.7. The minimum Gasteiger partial charge on any atom is -0.454 e. The molecule has 0 fully saturated rings. The van der Waals surface area contributed by atoms with Crippen molar-refractivity contribution in [3.8, 4) is 0 Å². The first-order valence-corrected chi connectivity index (χ1v) is 5.84. The molecule has 0 aromatic heterocycles. The van der Waals surface area contributed by atoms with Crippen LogP contribution in [0.15, 0.2) is 30.4 Å². The first-order valence-electron chi connectivity index (χ1n) is 5.84. The molecular weight excluding hydrogens is 265 g/mol. The molecule has 0 atom stereocenters. The Labute approximate surface area is 115 Å². The monoisotopic (exact) mass is 279 g/mol. The van der Waals surface area contributed by atoms with Gasteiger partial charge in [0.1, 0.15) is 5.82 Å². The molecule has 1 rings (SSSR count).